The Morgan fingerprint density at radius 3 is 2.96 bits per heavy atom. The van der Waals surface area contributed by atoms with E-state index in [1.165, 1.54) is 11.3 Å². The van der Waals surface area contributed by atoms with Gasteiger partial charge < -0.3 is 15.3 Å². The van der Waals surface area contributed by atoms with E-state index in [4.69, 9.17) is 0 Å². The molecule has 3 rings (SSSR count). The highest BCUT2D eigenvalue weighted by molar-refractivity contribution is 7.07. The van der Waals surface area contributed by atoms with E-state index in [9.17, 15) is 14.7 Å². The zero-order chi connectivity index (χ0) is 18.7. The second kappa shape index (κ2) is 8.45. The first-order valence-corrected chi connectivity index (χ1v) is 10.2. The Morgan fingerprint density at radius 1 is 1.50 bits per heavy atom. The zero-order valence-corrected chi connectivity index (χ0v) is 16.2. The molecule has 2 aliphatic rings. The molecule has 7 nitrogen and oxygen atoms in total. The molecule has 2 amide bonds. The maximum Gasteiger partial charge on any atom is 0.237 e. The lowest BCUT2D eigenvalue weighted by Gasteiger charge is -2.40. The fraction of sp³-hybridized carbons (Fsp3) is 0.722. The molecule has 2 aliphatic heterocycles. The summed E-state index contributed by atoms with van der Waals surface area (Å²) in [6, 6.07) is 0.0146. The van der Waals surface area contributed by atoms with Gasteiger partial charge in [0, 0.05) is 30.6 Å². The SMILES string of the molecule is CC(C)C[C@@H]1[C@H](C(=O)NCc2cscn2)C[C@@H]2CN(CCO)CC(=O)N21. The summed E-state index contributed by atoms with van der Waals surface area (Å²) in [5.41, 5.74) is 2.62. The molecule has 8 heteroatoms. The number of rotatable bonds is 7. The molecule has 3 atom stereocenters. The van der Waals surface area contributed by atoms with Crippen LogP contribution in [-0.2, 0) is 16.1 Å². The molecule has 2 N–H and O–H groups in total. The lowest BCUT2D eigenvalue weighted by molar-refractivity contribution is -0.141. The van der Waals surface area contributed by atoms with Gasteiger partial charge in [0.25, 0.3) is 0 Å². The van der Waals surface area contributed by atoms with Crippen LogP contribution >= 0.6 is 11.3 Å². The number of hydrogen-bond acceptors (Lipinski definition) is 6. The lowest BCUT2D eigenvalue weighted by Crippen LogP contribution is -2.57. The number of carbonyl (C=O) groups is 2. The van der Waals surface area contributed by atoms with Crippen molar-refractivity contribution < 1.29 is 14.7 Å². The molecule has 1 aromatic rings. The molecule has 0 aliphatic carbocycles. The third kappa shape index (κ3) is 4.24. The highest BCUT2D eigenvalue weighted by atomic mass is 32.1. The maximum absolute atomic E-state index is 12.9. The van der Waals surface area contributed by atoms with Crippen molar-refractivity contribution >= 4 is 23.2 Å². The smallest absolute Gasteiger partial charge is 0.237 e. The monoisotopic (exact) mass is 380 g/mol. The molecular weight excluding hydrogens is 352 g/mol. The Balaban J connectivity index is 1.71. The van der Waals surface area contributed by atoms with Crippen molar-refractivity contribution in [2.45, 2.75) is 45.3 Å². The lowest BCUT2D eigenvalue weighted by atomic mass is 9.91. The molecule has 1 aromatic heterocycles. The molecule has 144 valence electrons. The van der Waals surface area contributed by atoms with E-state index >= 15 is 0 Å². The second-order valence-electron chi connectivity index (χ2n) is 7.65. The Bertz CT molecular complexity index is 622. The molecule has 0 aromatic carbocycles. The minimum atomic E-state index is -0.181. The molecule has 3 heterocycles. The van der Waals surface area contributed by atoms with Crippen LogP contribution in [0, 0.1) is 11.8 Å². The van der Waals surface area contributed by atoms with Crippen LogP contribution in [0.2, 0.25) is 0 Å². The summed E-state index contributed by atoms with van der Waals surface area (Å²) in [5.74, 6) is 0.324. The fourth-order valence-corrected chi connectivity index (χ4v) is 4.76. The number of amides is 2. The molecular formula is C18H28N4O3S. The van der Waals surface area contributed by atoms with Crippen molar-refractivity contribution in [1.29, 1.82) is 0 Å². The van der Waals surface area contributed by atoms with E-state index in [1.807, 2.05) is 15.2 Å². The number of aliphatic hydroxyl groups excluding tert-OH is 1. The van der Waals surface area contributed by atoms with Crippen LogP contribution in [0.15, 0.2) is 10.9 Å². The standard InChI is InChI=1S/C18H28N4O3S/c1-12(2)5-16-15(18(25)19-7-13-10-26-11-20-13)6-14-8-21(3-4-23)9-17(24)22(14)16/h10-12,14-16,23H,3-9H2,1-2H3,(H,19,25)/t14-,15-,16-/m1/s1. The van der Waals surface area contributed by atoms with Crippen LogP contribution in [0.1, 0.15) is 32.4 Å². The van der Waals surface area contributed by atoms with Gasteiger partial charge in [-0.3, -0.25) is 14.5 Å². The highest BCUT2D eigenvalue weighted by Gasteiger charge is 2.49. The molecule has 2 saturated heterocycles. The van der Waals surface area contributed by atoms with Crippen molar-refractivity contribution in [1.82, 2.24) is 20.1 Å². The Kier molecular flexibility index (Phi) is 6.26. The quantitative estimate of drug-likeness (QED) is 0.727. The van der Waals surface area contributed by atoms with Gasteiger partial charge in [-0.05, 0) is 18.8 Å². The van der Waals surface area contributed by atoms with E-state index in [0.717, 1.165) is 18.7 Å². The van der Waals surface area contributed by atoms with Crippen molar-refractivity contribution in [3.05, 3.63) is 16.6 Å². The molecule has 0 bridgehead atoms. The fourth-order valence-electron chi connectivity index (χ4n) is 4.20. The molecule has 0 radical (unpaired) electrons. The molecule has 2 fully saturated rings. The predicted octanol–water partition coefficient (Wildman–Crippen LogP) is 0.699. The van der Waals surface area contributed by atoms with Crippen LogP contribution in [-0.4, -0.2) is 70.0 Å². The summed E-state index contributed by atoms with van der Waals surface area (Å²) in [4.78, 5) is 33.7. The first-order valence-electron chi connectivity index (χ1n) is 9.28. The van der Waals surface area contributed by atoms with Gasteiger partial charge in [-0.25, -0.2) is 4.98 Å². The van der Waals surface area contributed by atoms with Crippen molar-refractivity contribution in [3.63, 3.8) is 0 Å². The summed E-state index contributed by atoms with van der Waals surface area (Å²) in [6.07, 6.45) is 1.52. The minimum Gasteiger partial charge on any atom is -0.395 e. The minimum absolute atomic E-state index is 0.0135. The highest BCUT2D eigenvalue weighted by Crippen LogP contribution is 2.36. The summed E-state index contributed by atoms with van der Waals surface area (Å²) in [5, 5.41) is 14.1. The average Bonchev–Trinajstić information content (AvgIpc) is 3.21. The van der Waals surface area contributed by atoms with E-state index < -0.39 is 0 Å². The van der Waals surface area contributed by atoms with E-state index in [2.05, 4.69) is 24.1 Å². The van der Waals surface area contributed by atoms with Gasteiger partial charge in [0.05, 0.1) is 36.8 Å². The largest absolute Gasteiger partial charge is 0.395 e. The van der Waals surface area contributed by atoms with Gasteiger partial charge in [0.2, 0.25) is 11.8 Å². The number of piperazine rings is 1. The number of nitrogens with zero attached hydrogens (tertiary/aromatic N) is 3. The van der Waals surface area contributed by atoms with Gasteiger partial charge in [0.15, 0.2) is 0 Å². The van der Waals surface area contributed by atoms with E-state index in [0.29, 0.717) is 32.0 Å². The van der Waals surface area contributed by atoms with Gasteiger partial charge in [-0.1, -0.05) is 13.8 Å². The van der Waals surface area contributed by atoms with Crippen molar-refractivity contribution in [2.75, 3.05) is 26.2 Å². The van der Waals surface area contributed by atoms with Crippen LogP contribution in [0.5, 0.6) is 0 Å². The van der Waals surface area contributed by atoms with Crippen molar-refractivity contribution in [3.8, 4) is 0 Å². The number of carbonyl (C=O) groups excluding carboxylic acids is 2. The summed E-state index contributed by atoms with van der Waals surface area (Å²) in [7, 11) is 0. The summed E-state index contributed by atoms with van der Waals surface area (Å²) in [6.45, 7) is 6.31. The number of β-amino-alcohol motifs (C(OH)–C–C–N with tert-alkyl or cyclic N) is 1. The van der Waals surface area contributed by atoms with E-state index in [1.54, 1.807) is 5.51 Å². The van der Waals surface area contributed by atoms with Crippen LogP contribution in [0.25, 0.3) is 0 Å². The number of aromatic nitrogens is 1. The Labute approximate surface area is 158 Å². The van der Waals surface area contributed by atoms with Crippen molar-refractivity contribution in [2.24, 2.45) is 11.8 Å². The normalized spacial score (nSPS) is 26.4. The molecule has 0 saturated carbocycles. The number of thiazole rings is 1. The molecule has 0 unspecified atom stereocenters. The third-order valence-electron chi connectivity index (χ3n) is 5.25. The van der Waals surface area contributed by atoms with Crippen LogP contribution in [0.3, 0.4) is 0 Å². The number of nitrogens with one attached hydrogen (secondary N) is 1. The van der Waals surface area contributed by atoms with Crippen LogP contribution in [0.4, 0.5) is 0 Å². The van der Waals surface area contributed by atoms with Gasteiger partial charge in [0.1, 0.15) is 0 Å². The molecule has 0 spiro atoms. The van der Waals surface area contributed by atoms with E-state index in [-0.39, 0.29) is 36.4 Å². The van der Waals surface area contributed by atoms with Gasteiger partial charge in [-0.15, -0.1) is 11.3 Å². The van der Waals surface area contributed by atoms with Crippen LogP contribution < -0.4 is 5.32 Å². The number of fused-ring (bicyclic) bond motifs is 1. The third-order valence-corrected chi connectivity index (χ3v) is 5.89. The first-order chi connectivity index (χ1) is 12.5. The van der Waals surface area contributed by atoms with Gasteiger partial charge in [-0.2, -0.15) is 0 Å². The predicted molar refractivity (Wildman–Crippen MR) is 99.5 cm³/mol. The maximum atomic E-state index is 12.9. The molecule has 26 heavy (non-hydrogen) atoms. The number of hydrogen-bond donors (Lipinski definition) is 2. The Hall–Kier alpha value is -1.51. The second-order valence-corrected chi connectivity index (χ2v) is 8.37. The first kappa shape index (κ1) is 19.3. The topological polar surface area (TPSA) is 85.8 Å². The van der Waals surface area contributed by atoms with Gasteiger partial charge >= 0.3 is 0 Å². The summed E-state index contributed by atoms with van der Waals surface area (Å²) < 4.78 is 0. The number of aliphatic hydroxyl groups is 1. The Morgan fingerprint density at radius 2 is 2.31 bits per heavy atom. The zero-order valence-electron chi connectivity index (χ0n) is 15.4. The summed E-state index contributed by atoms with van der Waals surface area (Å²) >= 11 is 1.51. The average molecular weight is 381 g/mol.